The molecule has 0 amide bonds. The van der Waals surface area contributed by atoms with Crippen LogP contribution in [0, 0.1) is 0 Å². The van der Waals surface area contributed by atoms with Crippen molar-refractivity contribution in [3.8, 4) is 0 Å². The maximum Gasteiger partial charge on any atom is 0.330 e. The number of nitrogens with zero attached hydrogens (tertiary/aromatic N) is 5. The quantitative estimate of drug-likeness (QED) is 0.805. The molecule has 0 aliphatic carbocycles. The lowest BCUT2D eigenvalue weighted by Crippen LogP contribution is -2.41. The molecule has 1 fully saturated rings. The fraction of sp³-hybridized carbons (Fsp3) is 0.500. The molecule has 0 aromatic carbocycles. The zero-order chi connectivity index (χ0) is 17.1. The molecule has 1 aliphatic rings. The lowest BCUT2D eigenvalue weighted by atomic mass is 10.2. The van der Waals surface area contributed by atoms with Gasteiger partial charge < -0.3 is 10.2 Å². The molecular weight excluding hydrogens is 308 g/mol. The van der Waals surface area contributed by atoms with E-state index in [0.29, 0.717) is 18.3 Å². The molecule has 1 unspecified atom stereocenters. The molecule has 1 saturated heterocycles. The van der Waals surface area contributed by atoms with Gasteiger partial charge >= 0.3 is 5.69 Å². The summed E-state index contributed by atoms with van der Waals surface area (Å²) in [6.07, 6.45) is 3.87. The minimum absolute atomic E-state index is 0.281. The Morgan fingerprint density at radius 1 is 1.29 bits per heavy atom. The van der Waals surface area contributed by atoms with Crippen LogP contribution in [-0.2, 0) is 20.6 Å². The van der Waals surface area contributed by atoms with Crippen molar-refractivity contribution in [2.75, 3.05) is 18.0 Å². The summed E-state index contributed by atoms with van der Waals surface area (Å²) >= 11 is 0. The molecular formula is C16H22N6O2. The van der Waals surface area contributed by atoms with Crippen LogP contribution in [0.15, 0.2) is 34.0 Å². The van der Waals surface area contributed by atoms with Gasteiger partial charge in [-0.1, -0.05) is 0 Å². The summed E-state index contributed by atoms with van der Waals surface area (Å²) in [4.78, 5) is 26.0. The Bertz CT molecular complexity index is 814. The lowest BCUT2D eigenvalue weighted by Gasteiger charge is -2.25. The third kappa shape index (κ3) is 3.23. The largest absolute Gasteiger partial charge is 0.351 e. The summed E-state index contributed by atoms with van der Waals surface area (Å²) in [5, 5.41) is 11.5. The Morgan fingerprint density at radius 3 is 2.88 bits per heavy atom. The number of hydrogen-bond acceptors (Lipinski definition) is 6. The van der Waals surface area contributed by atoms with Crippen LogP contribution in [0.3, 0.4) is 0 Å². The van der Waals surface area contributed by atoms with E-state index in [1.165, 1.54) is 17.7 Å². The second-order valence-electron chi connectivity index (χ2n) is 6.08. The first-order chi connectivity index (χ1) is 11.6. The van der Waals surface area contributed by atoms with Crippen molar-refractivity contribution in [1.29, 1.82) is 0 Å². The molecule has 8 heteroatoms. The number of aromatic nitrogens is 4. The van der Waals surface area contributed by atoms with Gasteiger partial charge in [0.2, 0.25) is 0 Å². The molecule has 0 bridgehead atoms. The summed E-state index contributed by atoms with van der Waals surface area (Å²) < 4.78 is 2.61. The van der Waals surface area contributed by atoms with E-state index in [1.54, 1.807) is 13.2 Å². The zero-order valence-corrected chi connectivity index (χ0v) is 14.0. The maximum absolute atomic E-state index is 11.9. The number of rotatable bonds is 5. The molecule has 0 spiro atoms. The second-order valence-corrected chi connectivity index (χ2v) is 6.08. The zero-order valence-electron chi connectivity index (χ0n) is 14.0. The Hall–Kier alpha value is -2.48. The van der Waals surface area contributed by atoms with Crippen LogP contribution < -0.4 is 21.5 Å². The van der Waals surface area contributed by atoms with Crippen molar-refractivity contribution in [3.63, 3.8) is 0 Å². The highest BCUT2D eigenvalue weighted by Gasteiger charge is 2.25. The Kier molecular flexibility index (Phi) is 4.75. The summed E-state index contributed by atoms with van der Waals surface area (Å²) in [6, 6.07) is 5.70. The van der Waals surface area contributed by atoms with Crippen molar-refractivity contribution in [3.05, 3.63) is 50.9 Å². The fourth-order valence-electron chi connectivity index (χ4n) is 3.11. The van der Waals surface area contributed by atoms with Crippen LogP contribution in [0.25, 0.3) is 0 Å². The first kappa shape index (κ1) is 16.4. The highest BCUT2D eigenvalue weighted by Crippen LogP contribution is 2.22. The predicted molar refractivity (Wildman–Crippen MR) is 91.0 cm³/mol. The summed E-state index contributed by atoms with van der Waals surface area (Å²) in [5.74, 6) is 0.891. The van der Waals surface area contributed by atoms with Crippen LogP contribution in [-0.4, -0.2) is 38.5 Å². The van der Waals surface area contributed by atoms with Gasteiger partial charge in [0.25, 0.3) is 5.56 Å². The molecule has 2 aromatic rings. The van der Waals surface area contributed by atoms with Gasteiger partial charge in [0.1, 0.15) is 0 Å². The topological polar surface area (TPSA) is 85.1 Å². The van der Waals surface area contributed by atoms with E-state index in [-0.39, 0.29) is 11.2 Å². The molecule has 1 N–H and O–H groups in total. The summed E-state index contributed by atoms with van der Waals surface area (Å²) in [5.41, 5.74) is 0.102. The molecule has 1 aliphatic heterocycles. The molecule has 8 nitrogen and oxygen atoms in total. The fourth-order valence-corrected chi connectivity index (χ4v) is 3.11. The highest BCUT2D eigenvalue weighted by atomic mass is 16.2. The normalized spacial score (nSPS) is 17.4. The van der Waals surface area contributed by atoms with Gasteiger partial charge in [0.15, 0.2) is 5.82 Å². The molecule has 3 rings (SSSR count). The first-order valence-corrected chi connectivity index (χ1v) is 8.09. The van der Waals surface area contributed by atoms with Crippen molar-refractivity contribution in [1.82, 2.24) is 24.6 Å². The van der Waals surface area contributed by atoms with E-state index in [0.717, 1.165) is 36.3 Å². The molecule has 1 atom stereocenters. The van der Waals surface area contributed by atoms with Crippen molar-refractivity contribution in [2.24, 2.45) is 14.1 Å². The van der Waals surface area contributed by atoms with E-state index in [9.17, 15) is 9.59 Å². The monoisotopic (exact) mass is 330 g/mol. The van der Waals surface area contributed by atoms with Crippen LogP contribution >= 0.6 is 0 Å². The average molecular weight is 330 g/mol. The lowest BCUT2D eigenvalue weighted by molar-refractivity contribution is 0.546. The number of nitrogens with one attached hydrogen (secondary N) is 1. The SMILES string of the molecule is Cn1c(CNCC2CCCN2c2cccnn2)cc(=O)n(C)c1=O. The molecule has 2 aromatic heterocycles. The van der Waals surface area contributed by atoms with Crippen LogP contribution in [0.1, 0.15) is 18.5 Å². The van der Waals surface area contributed by atoms with Gasteiger partial charge in [-0.05, 0) is 25.0 Å². The van der Waals surface area contributed by atoms with E-state index >= 15 is 0 Å². The van der Waals surface area contributed by atoms with Gasteiger partial charge in [-0.3, -0.25) is 13.9 Å². The highest BCUT2D eigenvalue weighted by molar-refractivity contribution is 5.39. The maximum atomic E-state index is 11.9. The van der Waals surface area contributed by atoms with E-state index in [2.05, 4.69) is 20.4 Å². The van der Waals surface area contributed by atoms with Gasteiger partial charge in [0, 0.05) is 57.7 Å². The number of anilines is 1. The molecule has 0 saturated carbocycles. The summed E-state index contributed by atoms with van der Waals surface area (Å²) in [7, 11) is 3.17. The molecule has 3 heterocycles. The third-order valence-corrected chi connectivity index (χ3v) is 4.54. The van der Waals surface area contributed by atoms with Crippen molar-refractivity contribution < 1.29 is 0 Å². The third-order valence-electron chi connectivity index (χ3n) is 4.54. The van der Waals surface area contributed by atoms with Crippen LogP contribution in [0.2, 0.25) is 0 Å². The Labute approximate surface area is 139 Å². The number of hydrogen-bond donors (Lipinski definition) is 1. The van der Waals surface area contributed by atoms with Crippen LogP contribution in [0.5, 0.6) is 0 Å². The molecule has 128 valence electrons. The van der Waals surface area contributed by atoms with Gasteiger partial charge in [-0.2, -0.15) is 5.10 Å². The van der Waals surface area contributed by atoms with E-state index < -0.39 is 0 Å². The van der Waals surface area contributed by atoms with Crippen LogP contribution in [0.4, 0.5) is 5.82 Å². The minimum atomic E-state index is -0.304. The van der Waals surface area contributed by atoms with Gasteiger partial charge in [-0.15, -0.1) is 5.10 Å². The predicted octanol–water partition coefficient (Wildman–Crippen LogP) is -0.367. The van der Waals surface area contributed by atoms with E-state index in [1.807, 2.05) is 12.1 Å². The molecule has 24 heavy (non-hydrogen) atoms. The summed E-state index contributed by atoms with van der Waals surface area (Å²) in [6.45, 7) is 2.21. The standard InChI is InChI=1S/C16H22N6O2/c1-20-13(9-15(23)21(2)16(20)24)11-17-10-12-5-4-8-22(12)14-6-3-7-18-19-14/h3,6-7,9,12,17H,4-5,8,10-11H2,1-2H3. The van der Waals surface area contributed by atoms with Crippen molar-refractivity contribution >= 4 is 5.82 Å². The van der Waals surface area contributed by atoms with E-state index in [4.69, 9.17) is 0 Å². The molecule has 0 radical (unpaired) electrons. The second kappa shape index (κ2) is 6.96. The van der Waals surface area contributed by atoms with Gasteiger partial charge in [0.05, 0.1) is 0 Å². The first-order valence-electron chi connectivity index (χ1n) is 8.09. The average Bonchev–Trinajstić information content (AvgIpc) is 3.07. The smallest absolute Gasteiger partial charge is 0.330 e. The minimum Gasteiger partial charge on any atom is -0.351 e. The Balaban J connectivity index is 1.65. The van der Waals surface area contributed by atoms with Crippen molar-refractivity contribution in [2.45, 2.75) is 25.4 Å². The Morgan fingerprint density at radius 2 is 2.12 bits per heavy atom. The van der Waals surface area contributed by atoms with Gasteiger partial charge in [-0.25, -0.2) is 4.79 Å².